The Morgan fingerprint density at radius 3 is 2.68 bits per heavy atom. The van der Waals surface area contributed by atoms with Crippen molar-refractivity contribution in [2.24, 2.45) is 7.05 Å². The Labute approximate surface area is 148 Å². The van der Waals surface area contributed by atoms with Crippen molar-refractivity contribution < 1.29 is 14.6 Å². The zero-order valence-corrected chi connectivity index (χ0v) is 15.3. The molecule has 2 aromatic rings. The van der Waals surface area contributed by atoms with Crippen molar-refractivity contribution in [1.29, 1.82) is 0 Å². The summed E-state index contributed by atoms with van der Waals surface area (Å²) in [5.74, 6) is 0.248. The van der Waals surface area contributed by atoms with Crippen molar-refractivity contribution in [3.63, 3.8) is 0 Å². The molecule has 0 aliphatic heterocycles. The fourth-order valence-corrected chi connectivity index (χ4v) is 2.88. The van der Waals surface area contributed by atoms with Crippen molar-refractivity contribution >= 4 is 12.0 Å². The lowest BCUT2D eigenvalue weighted by Gasteiger charge is -2.17. The van der Waals surface area contributed by atoms with Crippen LogP contribution >= 0.6 is 0 Å². The van der Waals surface area contributed by atoms with E-state index in [0.717, 1.165) is 28.9 Å². The predicted molar refractivity (Wildman–Crippen MR) is 97.5 cm³/mol. The Morgan fingerprint density at radius 2 is 2.16 bits per heavy atom. The highest BCUT2D eigenvalue weighted by Gasteiger charge is 2.19. The van der Waals surface area contributed by atoms with Crippen LogP contribution in [0.25, 0.3) is 6.08 Å². The van der Waals surface area contributed by atoms with E-state index in [2.05, 4.69) is 10.4 Å². The number of aryl methyl sites for hydroxylation is 2. The number of phenols is 1. The largest absolute Gasteiger partial charge is 0.504 e. The molecule has 0 spiro atoms. The van der Waals surface area contributed by atoms with E-state index in [1.165, 1.54) is 13.2 Å². The standard InChI is InChI=1S/C19H25N3O3/c1-6-15(19-12(2)21-22(4)13(19)3)20-18(24)10-8-14-7-9-17(25-5)16(23)11-14/h7-11,15,23H,6H2,1-5H3,(H,20,24)/b10-8+/t15-/m0/s1. The number of carbonyl (C=O) groups is 1. The number of carbonyl (C=O) groups excluding carboxylic acids is 1. The van der Waals surface area contributed by atoms with Gasteiger partial charge in [-0.25, -0.2) is 0 Å². The van der Waals surface area contributed by atoms with Gasteiger partial charge in [-0.05, 0) is 44.0 Å². The molecule has 2 N–H and O–H groups in total. The molecule has 0 bridgehead atoms. The molecule has 0 saturated heterocycles. The Kier molecular flexibility index (Phi) is 5.85. The maximum Gasteiger partial charge on any atom is 0.244 e. The molecule has 1 atom stereocenters. The number of nitrogens with zero attached hydrogens (tertiary/aromatic N) is 2. The van der Waals surface area contributed by atoms with Gasteiger partial charge in [0.25, 0.3) is 0 Å². The van der Waals surface area contributed by atoms with Gasteiger partial charge in [0, 0.05) is 24.4 Å². The van der Waals surface area contributed by atoms with Crippen molar-refractivity contribution in [2.75, 3.05) is 7.11 Å². The number of hydrogen-bond donors (Lipinski definition) is 2. The summed E-state index contributed by atoms with van der Waals surface area (Å²) in [6, 6.07) is 4.89. The van der Waals surface area contributed by atoms with Gasteiger partial charge in [0.1, 0.15) is 0 Å². The summed E-state index contributed by atoms with van der Waals surface area (Å²) in [5.41, 5.74) is 3.76. The molecule has 1 aromatic carbocycles. The first kappa shape index (κ1) is 18.6. The Morgan fingerprint density at radius 1 is 1.44 bits per heavy atom. The molecule has 0 aliphatic rings. The van der Waals surface area contributed by atoms with Crippen LogP contribution in [-0.4, -0.2) is 27.9 Å². The highest BCUT2D eigenvalue weighted by Crippen LogP contribution is 2.27. The van der Waals surface area contributed by atoms with Gasteiger partial charge >= 0.3 is 0 Å². The second kappa shape index (κ2) is 7.88. The van der Waals surface area contributed by atoms with Gasteiger partial charge in [-0.1, -0.05) is 13.0 Å². The van der Waals surface area contributed by atoms with Crippen LogP contribution in [0.4, 0.5) is 0 Å². The van der Waals surface area contributed by atoms with Crippen molar-refractivity contribution in [2.45, 2.75) is 33.2 Å². The smallest absolute Gasteiger partial charge is 0.244 e. The van der Waals surface area contributed by atoms with E-state index in [0.29, 0.717) is 5.75 Å². The van der Waals surface area contributed by atoms with Crippen LogP contribution in [-0.2, 0) is 11.8 Å². The number of hydrogen-bond acceptors (Lipinski definition) is 4. The minimum atomic E-state index is -0.190. The second-order valence-corrected chi connectivity index (χ2v) is 5.94. The number of aromatic nitrogens is 2. The number of aromatic hydroxyl groups is 1. The van der Waals surface area contributed by atoms with Gasteiger partial charge in [0.05, 0.1) is 18.8 Å². The zero-order valence-electron chi connectivity index (χ0n) is 15.3. The third-order valence-electron chi connectivity index (χ3n) is 4.27. The van der Waals surface area contributed by atoms with Gasteiger partial charge in [0.15, 0.2) is 11.5 Å². The third kappa shape index (κ3) is 4.21. The molecule has 0 radical (unpaired) electrons. The molecule has 1 heterocycles. The SMILES string of the molecule is CC[C@H](NC(=O)/C=C/c1ccc(OC)c(O)c1)c1c(C)nn(C)c1C. The van der Waals surface area contributed by atoms with E-state index < -0.39 is 0 Å². The summed E-state index contributed by atoms with van der Waals surface area (Å²) in [6.07, 6.45) is 3.89. The number of amides is 1. The summed E-state index contributed by atoms with van der Waals surface area (Å²) in [5, 5.41) is 17.2. The van der Waals surface area contributed by atoms with Crippen molar-refractivity contribution in [3.05, 3.63) is 46.8 Å². The summed E-state index contributed by atoms with van der Waals surface area (Å²) in [7, 11) is 3.39. The molecular weight excluding hydrogens is 318 g/mol. The quantitative estimate of drug-likeness (QED) is 0.791. The molecule has 0 unspecified atom stereocenters. The number of phenolic OH excluding ortho intramolecular Hbond substituents is 1. The van der Waals surface area contributed by atoms with Gasteiger partial charge in [0.2, 0.25) is 5.91 Å². The van der Waals surface area contributed by atoms with Crippen molar-refractivity contribution in [1.82, 2.24) is 15.1 Å². The van der Waals surface area contributed by atoms with Crippen molar-refractivity contribution in [3.8, 4) is 11.5 Å². The van der Waals surface area contributed by atoms with Crippen LogP contribution in [0.15, 0.2) is 24.3 Å². The average molecular weight is 343 g/mol. The van der Waals surface area contributed by atoms with E-state index in [9.17, 15) is 9.90 Å². The molecule has 25 heavy (non-hydrogen) atoms. The van der Waals surface area contributed by atoms with Gasteiger partial charge in [-0.2, -0.15) is 5.10 Å². The average Bonchev–Trinajstić information content (AvgIpc) is 2.83. The normalized spacial score (nSPS) is 12.4. The summed E-state index contributed by atoms with van der Waals surface area (Å²) in [4.78, 5) is 12.3. The molecule has 1 amide bonds. The lowest BCUT2D eigenvalue weighted by molar-refractivity contribution is -0.117. The summed E-state index contributed by atoms with van der Waals surface area (Å²) >= 11 is 0. The van der Waals surface area contributed by atoms with E-state index in [1.807, 2.05) is 32.5 Å². The Bertz CT molecular complexity index is 793. The maximum absolute atomic E-state index is 12.3. The number of benzene rings is 1. The number of rotatable bonds is 6. The van der Waals surface area contributed by atoms with E-state index in [1.54, 1.807) is 24.3 Å². The molecule has 2 rings (SSSR count). The minimum Gasteiger partial charge on any atom is -0.504 e. The summed E-state index contributed by atoms with van der Waals surface area (Å²) < 4.78 is 6.83. The maximum atomic E-state index is 12.3. The number of nitrogens with one attached hydrogen (secondary N) is 1. The first-order valence-corrected chi connectivity index (χ1v) is 8.23. The third-order valence-corrected chi connectivity index (χ3v) is 4.27. The molecule has 0 aliphatic carbocycles. The highest BCUT2D eigenvalue weighted by atomic mass is 16.5. The van der Waals surface area contributed by atoms with Gasteiger partial charge < -0.3 is 15.2 Å². The number of ether oxygens (including phenoxy) is 1. The topological polar surface area (TPSA) is 76.4 Å². The van der Waals surface area contributed by atoms with Crippen LogP contribution in [0.3, 0.4) is 0 Å². The van der Waals surface area contributed by atoms with E-state index in [4.69, 9.17) is 4.74 Å². The number of methoxy groups -OCH3 is 1. The Balaban J connectivity index is 2.11. The molecule has 6 nitrogen and oxygen atoms in total. The predicted octanol–water partition coefficient (Wildman–Crippen LogP) is 3.03. The summed E-state index contributed by atoms with van der Waals surface area (Å²) in [6.45, 7) is 5.98. The molecule has 0 saturated carbocycles. The van der Waals surface area contributed by atoms with Crippen LogP contribution in [0.5, 0.6) is 11.5 Å². The lowest BCUT2D eigenvalue weighted by Crippen LogP contribution is -2.27. The van der Waals surface area contributed by atoms with Crippen LogP contribution in [0.2, 0.25) is 0 Å². The van der Waals surface area contributed by atoms with E-state index >= 15 is 0 Å². The monoisotopic (exact) mass is 343 g/mol. The molecule has 1 aromatic heterocycles. The van der Waals surface area contributed by atoms with E-state index in [-0.39, 0.29) is 17.7 Å². The molecule has 0 fully saturated rings. The Hall–Kier alpha value is -2.76. The lowest BCUT2D eigenvalue weighted by atomic mass is 10.0. The molecule has 134 valence electrons. The fraction of sp³-hybridized carbons (Fsp3) is 0.368. The van der Waals surface area contributed by atoms with Gasteiger partial charge in [-0.15, -0.1) is 0 Å². The van der Waals surface area contributed by atoms with Crippen LogP contribution in [0, 0.1) is 13.8 Å². The van der Waals surface area contributed by atoms with Gasteiger partial charge in [-0.3, -0.25) is 9.48 Å². The fourth-order valence-electron chi connectivity index (χ4n) is 2.88. The molecular formula is C19H25N3O3. The minimum absolute atomic E-state index is 0.0399. The molecule has 6 heteroatoms. The van der Waals surface area contributed by atoms with Crippen LogP contribution in [0.1, 0.15) is 41.9 Å². The second-order valence-electron chi connectivity index (χ2n) is 5.94. The van der Waals surface area contributed by atoms with Crippen LogP contribution < -0.4 is 10.1 Å². The zero-order chi connectivity index (χ0) is 18.6. The highest BCUT2D eigenvalue weighted by molar-refractivity contribution is 5.92. The first-order chi connectivity index (χ1) is 11.9. The first-order valence-electron chi connectivity index (χ1n) is 8.23.